The number of carbonyl (C=O) groups is 1. The Morgan fingerprint density at radius 2 is 1.84 bits per heavy atom. The Hall–Kier alpha value is -0.610. The molecule has 2 N–H and O–H groups in total. The van der Waals surface area contributed by atoms with Crippen LogP contribution in [0.2, 0.25) is 0 Å². The van der Waals surface area contributed by atoms with Crippen molar-refractivity contribution in [3.63, 3.8) is 0 Å². The number of nitrogens with zero attached hydrogens (tertiary/aromatic N) is 2. The molecular formula is C15H29N3O. The van der Waals surface area contributed by atoms with Crippen molar-refractivity contribution in [3.8, 4) is 0 Å². The number of piperazine rings is 1. The summed E-state index contributed by atoms with van der Waals surface area (Å²) in [5.41, 5.74) is 5.88. The van der Waals surface area contributed by atoms with Gasteiger partial charge in [0.15, 0.2) is 0 Å². The highest BCUT2D eigenvalue weighted by atomic mass is 16.2. The molecule has 1 saturated carbocycles. The Bertz CT molecular complexity index is 321. The Morgan fingerprint density at radius 3 is 2.32 bits per heavy atom. The summed E-state index contributed by atoms with van der Waals surface area (Å²) in [7, 11) is 0. The normalized spacial score (nSPS) is 29.8. The minimum atomic E-state index is 0.0514. The van der Waals surface area contributed by atoms with Crippen molar-refractivity contribution in [2.75, 3.05) is 32.7 Å². The third-order valence-corrected chi connectivity index (χ3v) is 5.13. The fourth-order valence-corrected chi connectivity index (χ4v) is 3.41. The number of nitrogens with two attached hydrogens (primary N) is 1. The molecule has 4 heteroatoms. The van der Waals surface area contributed by atoms with Crippen LogP contribution in [0.4, 0.5) is 0 Å². The van der Waals surface area contributed by atoms with Crippen molar-refractivity contribution in [1.29, 1.82) is 0 Å². The summed E-state index contributed by atoms with van der Waals surface area (Å²) in [5.74, 6) is 1.26. The second kappa shape index (κ2) is 5.80. The zero-order chi connectivity index (χ0) is 14.0. The maximum atomic E-state index is 12.5. The first-order valence-electron chi connectivity index (χ1n) is 7.69. The molecule has 1 heterocycles. The van der Waals surface area contributed by atoms with E-state index in [-0.39, 0.29) is 11.5 Å². The maximum Gasteiger partial charge on any atom is 0.226 e. The fraction of sp³-hybridized carbons (Fsp3) is 0.933. The zero-order valence-electron chi connectivity index (χ0n) is 12.7. The van der Waals surface area contributed by atoms with E-state index >= 15 is 0 Å². The first-order valence-corrected chi connectivity index (χ1v) is 7.69. The zero-order valence-corrected chi connectivity index (χ0v) is 12.7. The van der Waals surface area contributed by atoms with Gasteiger partial charge in [0, 0.05) is 44.2 Å². The number of rotatable bonds is 3. The van der Waals surface area contributed by atoms with Crippen LogP contribution in [-0.2, 0) is 4.79 Å². The molecule has 0 aromatic carbocycles. The topological polar surface area (TPSA) is 49.6 Å². The van der Waals surface area contributed by atoms with E-state index < -0.39 is 0 Å². The molecule has 2 aliphatic rings. The largest absolute Gasteiger partial charge is 0.340 e. The smallest absolute Gasteiger partial charge is 0.226 e. The summed E-state index contributed by atoms with van der Waals surface area (Å²) in [6, 6.07) is 0. The molecule has 1 aliphatic heterocycles. The average Bonchev–Trinajstić information content (AvgIpc) is 2.84. The van der Waals surface area contributed by atoms with Crippen molar-refractivity contribution in [2.24, 2.45) is 17.6 Å². The monoisotopic (exact) mass is 267 g/mol. The molecular weight excluding hydrogens is 238 g/mol. The molecule has 2 atom stereocenters. The highest BCUT2D eigenvalue weighted by Gasteiger charge is 2.35. The van der Waals surface area contributed by atoms with Gasteiger partial charge in [-0.25, -0.2) is 0 Å². The molecule has 0 radical (unpaired) electrons. The predicted octanol–water partition coefficient (Wildman–Crippen LogP) is 1.30. The molecule has 4 nitrogen and oxygen atoms in total. The Morgan fingerprint density at radius 1 is 1.21 bits per heavy atom. The number of hydrogen-bond donors (Lipinski definition) is 1. The average molecular weight is 267 g/mol. The standard InChI is InChI=1S/C15H29N3O/c1-12-5-4-6-13(12)14(19)17-7-9-18(10-8-17)15(2,3)11-16/h12-13H,4-11,16H2,1-3H3. The molecule has 110 valence electrons. The Labute approximate surface area is 117 Å². The molecule has 2 unspecified atom stereocenters. The van der Waals surface area contributed by atoms with E-state index in [1.165, 1.54) is 12.8 Å². The lowest BCUT2D eigenvalue weighted by atomic mass is 9.96. The van der Waals surface area contributed by atoms with E-state index in [9.17, 15) is 4.79 Å². The predicted molar refractivity (Wildman–Crippen MR) is 77.8 cm³/mol. The summed E-state index contributed by atoms with van der Waals surface area (Å²) in [4.78, 5) is 17.0. The molecule has 1 amide bonds. The second-order valence-electron chi connectivity index (χ2n) is 6.84. The van der Waals surface area contributed by atoms with Gasteiger partial charge in [-0.3, -0.25) is 9.69 Å². The van der Waals surface area contributed by atoms with Crippen LogP contribution in [0.25, 0.3) is 0 Å². The van der Waals surface area contributed by atoms with Gasteiger partial charge in [-0.1, -0.05) is 13.3 Å². The second-order valence-corrected chi connectivity index (χ2v) is 6.84. The number of amides is 1. The lowest BCUT2D eigenvalue weighted by Crippen LogP contribution is -2.58. The third kappa shape index (κ3) is 3.11. The van der Waals surface area contributed by atoms with Gasteiger partial charge in [-0.15, -0.1) is 0 Å². The summed E-state index contributed by atoms with van der Waals surface area (Å²) in [6.45, 7) is 10.9. The van der Waals surface area contributed by atoms with Crippen LogP contribution >= 0.6 is 0 Å². The van der Waals surface area contributed by atoms with Crippen LogP contribution in [0, 0.1) is 11.8 Å². The minimum Gasteiger partial charge on any atom is -0.340 e. The lowest BCUT2D eigenvalue weighted by Gasteiger charge is -2.44. The Kier molecular flexibility index (Phi) is 4.51. The lowest BCUT2D eigenvalue weighted by molar-refractivity contribution is -0.139. The molecule has 0 aromatic heterocycles. The molecule has 0 bridgehead atoms. The van der Waals surface area contributed by atoms with E-state index in [4.69, 9.17) is 5.73 Å². The van der Waals surface area contributed by atoms with Crippen molar-refractivity contribution < 1.29 is 4.79 Å². The summed E-state index contributed by atoms with van der Waals surface area (Å²) < 4.78 is 0. The van der Waals surface area contributed by atoms with Gasteiger partial charge in [0.1, 0.15) is 0 Å². The van der Waals surface area contributed by atoms with E-state index in [0.717, 1.165) is 32.6 Å². The van der Waals surface area contributed by atoms with Gasteiger partial charge in [0.05, 0.1) is 0 Å². The van der Waals surface area contributed by atoms with Crippen molar-refractivity contribution in [2.45, 2.75) is 45.6 Å². The van der Waals surface area contributed by atoms with E-state index in [2.05, 4.69) is 30.6 Å². The molecule has 0 spiro atoms. The highest BCUT2D eigenvalue weighted by Crippen LogP contribution is 2.33. The van der Waals surface area contributed by atoms with Gasteiger partial charge < -0.3 is 10.6 Å². The minimum absolute atomic E-state index is 0.0514. The summed E-state index contributed by atoms with van der Waals surface area (Å²) in [5, 5.41) is 0. The number of hydrogen-bond acceptors (Lipinski definition) is 3. The van der Waals surface area contributed by atoms with Crippen molar-refractivity contribution >= 4 is 5.91 Å². The number of carbonyl (C=O) groups excluding carboxylic acids is 1. The van der Waals surface area contributed by atoms with Crippen molar-refractivity contribution in [3.05, 3.63) is 0 Å². The molecule has 0 aromatic rings. The van der Waals surface area contributed by atoms with Crippen LogP contribution in [0.15, 0.2) is 0 Å². The molecule has 2 fully saturated rings. The van der Waals surface area contributed by atoms with Crippen molar-refractivity contribution in [1.82, 2.24) is 9.80 Å². The first kappa shape index (κ1) is 14.8. The van der Waals surface area contributed by atoms with Crippen LogP contribution in [0.1, 0.15) is 40.0 Å². The van der Waals surface area contributed by atoms with Gasteiger partial charge >= 0.3 is 0 Å². The van der Waals surface area contributed by atoms with Crippen LogP contribution in [0.5, 0.6) is 0 Å². The quantitative estimate of drug-likeness (QED) is 0.838. The van der Waals surface area contributed by atoms with Crippen LogP contribution in [-0.4, -0.2) is 54.0 Å². The van der Waals surface area contributed by atoms with Crippen LogP contribution < -0.4 is 5.73 Å². The molecule has 19 heavy (non-hydrogen) atoms. The van der Waals surface area contributed by atoms with Crippen LogP contribution in [0.3, 0.4) is 0 Å². The van der Waals surface area contributed by atoms with E-state index in [1.54, 1.807) is 0 Å². The van der Waals surface area contributed by atoms with E-state index in [0.29, 0.717) is 18.4 Å². The molecule has 1 aliphatic carbocycles. The third-order valence-electron chi connectivity index (χ3n) is 5.13. The summed E-state index contributed by atoms with van der Waals surface area (Å²) >= 11 is 0. The van der Waals surface area contributed by atoms with Gasteiger partial charge in [-0.2, -0.15) is 0 Å². The van der Waals surface area contributed by atoms with E-state index in [1.807, 2.05) is 0 Å². The van der Waals surface area contributed by atoms with Gasteiger partial charge in [0.25, 0.3) is 0 Å². The molecule has 2 rings (SSSR count). The maximum absolute atomic E-state index is 12.5. The summed E-state index contributed by atoms with van der Waals surface area (Å²) in [6.07, 6.45) is 3.53. The SMILES string of the molecule is CC1CCCC1C(=O)N1CCN(C(C)(C)CN)CC1. The first-order chi connectivity index (χ1) is 8.95. The fourth-order valence-electron chi connectivity index (χ4n) is 3.41. The van der Waals surface area contributed by atoms with Gasteiger partial charge in [0.2, 0.25) is 5.91 Å². The Balaban J connectivity index is 1.88. The molecule has 1 saturated heterocycles. The van der Waals surface area contributed by atoms with Gasteiger partial charge in [-0.05, 0) is 32.6 Å². The highest BCUT2D eigenvalue weighted by molar-refractivity contribution is 5.79.